The molecular weight excluding hydrogens is 204 g/mol. The molecule has 1 N–H and O–H groups in total. The first-order chi connectivity index (χ1) is 7.12. The van der Waals surface area contributed by atoms with Crippen molar-refractivity contribution < 1.29 is 0 Å². The molecule has 0 spiro atoms. The van der Waals surface area contributed by atoms with E-state index in [4.69, 9.17) is 0 Å². The van der Waals surface area contributed by atoms with Crippen LogP contribution >= 0.6 is 11.8 Å². The van der Waals surface area contributed by atoms with Crippen LogP contribution < -0.4 is 5.32 Å². The summed E-state index contributed by atoms with van der Waals surface area (Å²) in [6, 6.07) is 2.91. The molecular formula is C12H22N2S. The van der Waals surface area contributed by atoms with Crippen LogP contribution in [0.2, 0.25) is 0 Å². The summed E-state index contributed by atoms with van der Waals surface area (Å²) < 4.78 is 0. The third-order valence-electron chi connectivity index (χ3n) is 2.89. The summed E-state index contributed by atoms with van der Waals surface area (Å²) in [5, 5.41) is 13.5. The Morgan fingerprint density at radius 3 is 2.87 bits per heavy atom. The third-order valence-corrected chi connectivity index (χ3v) is 4.09. The predicted octanol–water partition coefficient (Wildman–Crippen LogP) is 2.94. The Kier molecular flexibility index (Phi) is 4.95. The van der Waals surface area contributed by atoms with Gasteiger partial charge in [-0.15, -0.1) is 0 Å². The Labute approximate surface area is 97.8 Å². The van der Waals surface area contributed by atoms with Crippen molar-refractivity contribution in [3.63, 3.8) is 0 Å². The second-order valence-electron chi connectivity index (χ2n) is 4.67. The smallest absolute Gasteiger partial charge is 0.108 e. The molecule has 0 aromatic carbocycles. The number of rotatable bonds is 4. The number of nitrogens with zero attached hydrogens (tertiary/aromatic N) is 1. The molecule has 0 amide bonds. The first-order valence-electron chi connectivity index (χ1n) is 5.92. The molecule has 0 radical (unpaired) electrons. The van der Waals surface area contributed by atoms with E-state index in [2.05, 4.69) is 32.2 Å². The van der Waals surface area contributed by atoms with Crippen molar-refractivity contribution in [2.45, 2.75) is 63.3 Å². The summed E-state index contributed by atoms with van der Waals surface area (Å²) in [6.45, 7) is 6.44. The Hall–Kier alpha value is -0.200. The average Bonchev–Trinajstić information content (AvgIpc) is 2.18. The van der Waals surface area contributed by atoms with E-state index in [1.807, 2.05) is 11.8 Å². The zero-order chi connectivity index (χ0) is 11.3. The molecule has 1 aliphatic rings. The molecule has 86 valence electrons. The van der Waals surface area contributed by atoms with Crippen molar-refractivity contribution in [3.8, 4) is 6.07 Å². The lowest BCUT2D eigenvalue weighted by Crippen LogP contribution is -2.51. The molecule has 0 saturated heterocycles. The van der Waals surface area contributed by atoms with Gasteiger partial charge in [0.25, 0.3) is 0 Å². The first kappa shape index (κ1) is 12.9. The Bertz CT molecular complexity index is 232. The van der Waals surface area contributed by atoms with E-state index < -0.39 is 0 Å². The lowest BCUT2D eigenvalue weighted by Gasteiger charge is -2.37. The highest BCUT2D eigenvalue weighted by atomic mass is 32.2. The van der Waals surface area contributed by atoms with Crippen LogP contribution in [0.15, 0.2) is 0 Å². The molecule has 3 heteroatoms. The van der Waals surface area contributed by atoms with E-state index in [9.17, 15) is 5.26 Å². The molecule has 2 unspecified atom stereocenters. The second-order valence-corrected chi connectivity index (χ2v) is 6.24. The molecule has 1 saturated carbocycles. The standard InChI is InChI=1S/C12H22N2S/c1-4-15-11-6-5-7-12(8-11,9-13)14-10(2)3/h10-11,14H,4-8H2,1-3H3. The van der Waals surface area contributed by atoms with Gasteiger partial charge in [0.2, 0.25) is 0 Å². The van der Waals surface area contributed by atoms with Gasteiger partial charge in [0.05, 0.1) is 6.07 Å². The van der Waals surface area contributed by atoms with Crippen molar-refractivity contribution >= 4 is 11.8 Å². The van der Waals surface area contributed by atoms with Crippen molar-refractivity contribution in [3.05, 3.63) is 0 Å². The van der Waals surface area contributed by atoms with E-state index >= 15 is 0 Å². The lowest BCUT2D eigenvalue weighted by molar-refractivity contribution is 0.284. The summed E-state index contributed by atoms with van der Waals surface area (Å²) in [6.07, 6.45) is 4.50. The molecule has 2 nitrogen and oxygen atoms in total. The summed E-state index contributed by atoms with van der Waals surface area (Å²) >= 11 is 2.01. The zero-order valence-corrected chi connectivity index (χ0v) is 10.9. The summed E-state index contributed by atoms with van der Waals surface area (Å²) in [7, 11) is 0. The number of hydrogen-bond acceptors (Lipinski definition) is 3. The summed E-state index contributed by atoms with van der Waals surface area (Å²) in [5.41, 5.74) is -0.251. The third kappa shape index (κ3) is 3.70. The Morgan fingerprint density at radius 1 is 1.60 bits per heavy atom. The van der Waals surface area contributed by atoms with Gasteiger partial charge in [0.15, 0.2) is 0 Å². The first-order valence-corrected chi connectivity index (χ1v) is 6.97. The monoisotopic (exact) mass is 226 g/mol. The molecule has 0 heterocycles. The van der Waals surface area contributed by atoms with Crippen molar-refractivity contribution in [1.29, 1.82) is 5.26 Å². The second kappa shape index (κ2) is 5.77. The fourth-order valence-electron chi connectivity index (χ4n) is 2.42. The normalized spacial score (nSPS) is 31.5. The van der Waals surface area contributed by atoms with Crippen LogP contribution in [0.5, 0.6) is 0 Å². The van der Waals surface area contributed by atoms with Crippen LogP contribution in [-0.4, -0.2) is 22.6 Å². The van der Waals surface area contributed by atoms with Crippen molar-refractivity contribution in [2.75, 3.05) is 5.75 Å². The maximum atomic E-state index is 9.35. The molecule has 1 aliphatic carbocycles. The Balaban J connectivity index is 2.60. The van der Waals surface area contributed by atoms with Gasteiger partial charge in [-0.2, -0.15) is 17.0 Å². The summed E-state index contributed by atoms with van der Waals surface area (Å²) in [5.74, 6) is 1.16. The maximum Gasteiger partial charge on any atom is 0.108 e. The predicted molar refractivity (Wildman–Crippen MR) is 67.0 cm³/mol. The summed E-state index contributed by atoms with van der Waals surface area (Å²) in [4.78, 5) is 0. The molecule has 2 atom stereocenters. The molecule has 15 heavy (non-hydrogen) atoms. The lowest BCUT2D eigenvalue weighted by atomic mass is 9.82. The van der Waals surface area contributed by atoms with E-state index in [0.29, 0.717) is 11.3 Å². The van der Waals surface area contributed by atoms with Gasteiger partial charge in [0.1, 0.15) is 5.54 Å². The fraction of sp³-hybridized carbons (Fsp3) is 0.917. The minimum Gasteiger partial charge on any atom is -0.297 e. The quantitative estimate of drug-likeness (QED) is 0.800. The van der Waals surface area contributed by atoms with Crippen LogP contribution in [-0.2, 0) is 0 Å². The topological polar surface area (TPSA) is 35.8 Å². The SMILES string of the molecule is CCSC1CCCC(C#N)(NC(C)C)C1. The highest BCUT2D eigenvalue weighted by Gasteiger charge is 2.36. The van der Waals surface area contributed by atoms with Gasteiger partial charge in [-0.25, -0.2) is 0 Å². The van der Waals surface area contributed by atoms with E-state index in [1.165, 1.54) is 12.8 Å². The number of thioether (sulfide) groups is 1. The number of nitriles is 1. The molecule has 0 bridgehead atoms. The van der Waals surface area contributed by atoms with E-state index in [0.717, 1.165) is 18.6 Å². The van der Waals surface area contributed by atoms with Gasteiger partial charge >= 0.3 is 0 Å². The molecule has 1 rings (SSSR count). The van der Waals surface area contributed by atoms with Crippen LogP contribution in [0, 0.1) is 11.3 Å². The molecule has 1 fully saturated rings. The minimum absolute atomic E-state index is 0.251. The fourth-order valence-corrected chi connectivity index (χ4v) is 3.63. The van der Waals surface area contributed by atoms with Crippen LogP contribution in [0.1, 0.15) is 46.5 Å². The Morgan fingerprint density at radius 2 is 2.33 bits per heavy atom. The minimum atomic E-state index is -0.251. The largest absolute Gasteiger partial charge is 0.297 e. The van der Waals surface area contributed by atoms with Gasteiger partial charge < -0.3 is 0 Å². The molecule has 0 aliphatic heterocycles. The van der Waals surface area contributed by atoms with Gasteiger partial charge in [-0.1, -0.05) is 6.92 Å². The highest BCUT2D eigenvalue weighted by molar-refractivity contribution is 7.99. The van der Waals surface area contributed by atoms with Gasteiger partial charge in [-0.3, -0.25) is 5.32 Å². The number of nitrogens with one attached hydrogen (secondary N) is 1. The van der Waals surface area contributed by atoms with Crippen LogP contribution in [0.25, 0.3) is 0 Å². The molecule has 0 aromatic rings. The molecule has 0 aromatic heterocycles. The average molecular weight is 226 g/mol. The zero-order valence-electron chi connectivity index (χ0n) is 10.0. The maximum absolute atomic E-state index is 9.35. The van der Waals surface area contributed by atoms with E-state index in [1.54, 1.807) is 0 Å². The van der Waals surface area contributed by atoms with Crippen molar-refractivity contribution in [2.24, 2.45) is 0 Å². The van der Waals surface area contributed by atoms with Crippen molar-refractivity contribution in [1.82, 2.24) is 5.32 Å². The highest BCUT2D eigenvalue weighted by Crippen LogP contribution is 2.34. The van der Waals surface area contributed by atoms with Crippen LogP contribution in [0.4, 0.5) is 0 Å². The van der Waals surface area contributed by atoms with Crippen LogP contribution in [0.3, 0.4) is 0 Å². The number of hydrogen-bond donors (Lipinski definition) is 1. The van der Waals surface area contributed by atoms with Gasteiger partial charge in [-0.05, 0) is 45.3 Å². The van der Waals surface area contributed by atoms with E-state index in [-0.39, 0.29) is 5.54 Å². The van der Waals surface area contributed by atoms with Gasteiger partial charge in [0, 0.05) is 11.3 Å².